The highest BCUT2D eigenvalue weighted by atomic mass is 32.2. The van der Waals surface area contributed by atoms with Crippen LogP contribution in [0.2, 0.25) is 0 Å². The Morgan fingerprint density at radius 2 is 1.39 bits per heavy atom. The molecular weight excluding hydrogens is 466 g/mol. The molecule has 184 valence electrons. The molecule has 1 N–H and O–H groups in total. The molecule has 0 aliphatic rings. The number of benzene rings is 2. The van der Waals surface area contributed by atoms with Crippen molar-refractivity contribution in [2.45, 2.75) is 62.3 Å². The fourth-order valence-corrected chi connectivity index (χ4v) is 4.42. The summed E-state index contributed by atoms with van der Waals surface area (Å²) in [6.07, 6.45) is 3.06. The van der Waals surface area contributed by atoms with Gasteiger partial charge in [-0.25, -0.2) is 8.78 Å². The molecule has 0 heterocycles. The second-order valence-electron chi connectivity index (χ2n) is 7.01. The number of Topliss-reactive ketones (excluding diaryl/α,β-unsaturated/α-hetero) is 1. The molecule has 1 atom stereocenters. The van der Waals surface area contributed by atoms with Crippen molar-refractivity contribution in [3.63, 3.8) is 0 Å². The third kappa shape index (κ3) is 16.4. The van der Waals surface area contributed by atoms with E-state index in [-0.39, 0.29) is 37.4 Å². The molecular formula is C25H34F2O4S2. The van der Waals surface area contributed by atoms with E-state index in [2.05, 4.69) is 0 Å². The lowest BCUT2D eigenvalue weighted by atomic mass is 10.1. The molecule has 0 spiro atoms. The summed E-state index contributed by atoms with van der Waals surface area (Å²) >= 11 is 3.26. The van der Waals surface area contributed by atoms with Crippen LogP contribution in [-0.4, -0.2) is 41.6 Å². The molecule has 0 saturated carbocycles. The Bertz CT molecular complexity index is 799. The molecule has 0 amide bonds. The summed E-state index contributed by atoms with van der Waals surface area (Å²) in [5.74, 6) is 0.674. The van der Waals surface area contributed by atoms with Crippen LogP contribution in [-0.2, 0) is 14.3 Å². The van der Waals surface area contributed by atoms with E-state index in [0.717, 1.165) is 34.1 Å². The van der Waals surface area contributed by atoms with E-state index >= 15 is 0 Å². The molecule has 0 aliphatic carbocycles. The van der Waals surface area contributed by atoms with E-state index in [4.69, 9.17) is 9.84 Å². The van der Waals surface area contributed by atoms with Crippen LogP contribution < -0.4 is 0 Å². The number of halogens is 2. The van der Waals surface area contributed by atoms with Crippen molar-refractivity contribution in [3.8, 4) is 0 Å². The Kier molecular flexibility index (Phi) is 17.5. The minimum atomic E-state index is -0.748. The average Bonchev–Trinajstić information content (AvgIpc) is 2.75. The highest BCUT2D eigenvalue weighted by molar-refractivity contribution is 7.99. The van der Waals surface area contributed by atoms with E-state index in [1.165, 1.54) is 24.3 Å². The Morgan fingerprint density at radius 1 is 0.909 bits per heavy atom. The lowest BCUT2D eigenvalue weighted by Crippen LogP contribution is -2.15. The fraction of sp³-hybridized carbons (Fsp3) is 0.440. The first-order chi connectivity index (χ1) is 15.3. The van der Waals surface area contributed by atoms with Crippen LogP contribution in [0.25, 0.3) is 0 Å². The number of unbranched alkanes of at least 4 members (excludes halogenated alkanes) is 1. The number of carbonyl (C=O) groups is 2. The van der Waals surface area contributed by atoms with Crippen LogP contribution in [0.5, 0.6) is 0 Å². The smallest absolute Gasteiger partial charge is 0.303 e. The van der Waals surface area contributed by atoms with Gasteiger partial charge in [0.15, 0.2) is 0 Å². The number of ketones is 1. The fourth-order valence-electron chi connectivity index (χ4n) is 2.56. The second kappa shape index (κ2) is 18.5. The predicted octanol–water partition coefficient (Wildman–Crippen LogP) is 7.11. The van der Waals surface area contributed by atoms with Gasteiger partial charge in [-0.05, 0) is 80.5 Å². The summed E-state index contributed by atoms with van der Waals surface area (Å²) in [5, 5.41) is 8.41. The first-order valence-corrected chi connectivity index (χ1v) is 12.3. The minimum Gasteiger partial charge on any atom is -0.481 e. The maximum Gasteiger partial charge on any atom is 0.303 e. The zero-order valence-electron chi connectivity index (χ0n) is 18.4. The average molecular weight is 501 g/mol. The first kappa shape index (κ1) is 31.1. The number of carbonyl (C=O) groups excluding carboxylic acids is 1. The zero-order valence-corrected chi connectivity index (χ0v) is 20.0. The van der Waals surface area contributed by atoms with Gasteiger partial charge < -0.3 is 9.84 Å². The molecule has 0 aromatic heterocycles. The van der Waals surface area contributed by atoms with Gasteiger partial charge in [0.1, 0.15) is 17.4 Å². The van der Waals surface area contributed by atoms with Gasteiger partial charge in [-0.15, -0.1) is 23.5 Å². The maximum atomic E-state index is 12.7. The second-order valence-corrected chi connectivity index (χ2v) is 9.34. The Labute approximate surface area is 204 Å². The molecule has 1 unspecified atom stereocenters. The number of methoxy groups -OCH3 is 1. The highest BCUT2D eigenvalue weighted by Crippen LogP contribution is 2.21. The maximum absolute atomic E-state index is 12.7. The number of hydrogen-bond acceptors (Lipinski definition) is 5. The van der Waals surface area contributed by atoms with Crippen molar-refractivity contribution in [2.24, 2.45) is 0 Å². The lowest BCUT2D eigenvalue weighted by molar-refractivity contribution is -0.137. The van der Waals surface area contributed by atoms with Gasteiger partial charge in [0.2, 0.25) is 0 Å². The molecule has 0 bridgehead atoms. The summed E-state index contributed by atoms with van der Waals surface area (Å²) in [5.41, 5.74) is 0. The zero-order chi connectivity index (χ0) is 23.8. The van der Waals surface area contributed by atoms with Gasteiger partial charge in [-0.2, -0.15) is 0 Å². The van der Waals surface area contributed by atoms with E-state index in [0.29, 0.717) is 12.8 Å². The molecule has 8 heteroatoms. The first-order valence-electron chi connectivity index (χ1n) is 10.3. The van der Waals surface area contributed by atoms with Gasteiger partial charge in [-0.3, -0.25) is 9.59 Å². The molecule has 0 radical (unpaired) electrons. The number of carboxylic acid groups (broad SMARTS) is 1. The molecule has 2 rings (SSSR count). The van der Waals surface area contributed by atoms with Gasteiger partial charge in [0.25, 0.3) is 0 Å². The molecule has 0 aliphatic heterocycles. The third-order valence-electron chi connectivity index (χ3n) is 4.24. The molecule has 2 aromatic carbocycles. The number of ether oxygens (including phenoxy) is 1. The van der Waals surface area contributed by atoms with E-state index in [1.807, 2.05) is 0 Å². The van der Waals surface area contributed by atoms with Gasteiger partial charge in [-0.1, -0.05) is 7.43 Å². The standard InChI is InChI=1S/C13H17FO2S.C11H13FO2S.CH4/c1-10(15)9-12(16-2)7-8-17-13-5-3-11(14)4-6-13;12-9-4-6-10(7-5-9)15-8-2-1-3-11(13)14;/h3-6,12H,7-9H2,1-2H3;4-7H,1-3,8H2,(H,13,14);1H4. The SMILES string of the molecule is C.COC(CCSc1ccc(F)cc1)CC(C)=O.O=C(O)CCCCSc1ccc(F)cc1. The van der Waals surface area contributed by atoms with Crippen LogP contribution in [0, 0.1) is 11.6 Å². The van der Waals surface area contributed by atoms with E-state index < -0.39 is 5.97 Å². The Morgan fingerprint density at radius 3 is 1.82 bits per heavy atom. The van der Waals surface area contributed by atoms with Gasteiger partial charge >= 0.3 is 5.97 Å². The molecule has 4 nitrogen and oxygen atoms in total. The van der Waals surface area contributed by atoms with E-state index in [9.17, 15) is 18.4 Å². The van der Waals surface area contributed by atoms with Crippen LogP contribution in [0.4, 0.5) is 8.78 Å². The topological polar surface area (TPSA) is 63.6 Å². The van der Waals surface area contributed by atoms with Gasteiger partial charge in [0, 0.05) is 35.5 Å². The summed E-state index contributed by atoms with van der Waals surface area (Å²) in [6.45, 7) is 1.57. The molecule has 0 fully saturated rings. The number of aliphatic carboxylic acids is 1. The monoisotopic (exact) mass is 500 g/mol. The Balaban J connectivity index is 0.000000607. The molecule has 0 saturated heterocycles. The summed E-state index contributed by atoms with van der Waals surface area (Å²) in [6, 6.07) is 12.7. The van der Waals surface area contributed by atoms with Crippen LogP contribution >= 0.6 is 23.5 Å². The van der Waals surface area contributed by atoms with Crippen molar-refractivity contribution in [2.75, 3.05) is 18.6 Å². The molecule has 2 aromatic rings. The normalized spacial score (nSPS) is 11.0. The van der Waals surface area contributed by atoms with E-state index in [1.54, 1.807) is 61.8 Å². The van der Waals surface area contributed by atoms with Crippen molar-refractivity contribution >= 4 is 35.3 Å². The highest BCUT2D eigenvalue weighted by Gasteiger charge is 2.10. The number of carboxylic acids is 1. The van der Waals surface area contributed by atoms with Crippen molar-refractivity contribution in [1.29, 1.82) is 0 Å². The minimum absolute atomic E-state index is 0. The number of rotatable bonds is 13. The molecule has 33 heavy (non-hydrogen) atoms. The van der Waals surface area contributed by atoms with Gasteiger partial charge in [0.05, 0.1) is 6.10 Å². The number of hydrogen-bond donors (Lipinski definition) is 1. The summed E-state index contributed by atoms with van der Waals surface area (Å²) < 4.78 is 30.4. The Hall–Kier alpha value is -1.90. The van der Waals surface area contributed by atoms with Crippen LogP contribution in [0.15, 0.2) is 58.3 Å². The van der Waals surface area contributed by atoms with Crippen LogP contribution in [0.1, 0.15) is 46.5 Å². The third-order valence-corrected chi connectivity index (χ3v) is 6.38. The largest absolute Gasteiger partial charge is 0.481 e. The predicted molar refractivity (Wildman–Crippen MR) is 133 cm³/mol. The van der Waals surface area contributed by atoms with Crippen molar-refractivity contribution in [3.05, 3.63) is 60.2 Å². The van der Waals surface area contributed by atoms with Crippen molar-refractivity contribution in [1.82, 2.24) is 0 Å². The van der Waals surface area contributed by atoms with Crippen LogP contribution in [0.3, 0.4) is 0 Å². The van der Waals surface area contributed by atoms with Crippen molar-refractivity contribution < 1.29 is 28.2 Å². The quantitative estimate of drug-likeness (QED) is 0.234. The lowest BCUT2D eigenvalue weighted by Gasteiger charge is -2.12. The summed E-state index contributed by atoms with van der Waals surface area (Å²) in [7, 11) is 1.62. The number of thioether (sulfide) groups is 2. The summed E-state index contributed by atoms with van der Waals surface area (Å²) in [4.78, 5) is 23.2.